The number of hydrogen-bond acceptors (Lipinski definition) is 7. The maximum atomic E-state index is 13.5. The number of aliphatic hydroxyl groups excluding tert-OH is 1. The zero-order valence-corrected chi connectivity index (χ0v) is 19.0. The smallest absolute Gasteiger partial charge is 0.294 e. The first-order valence-corrected chi connectivity index (χ1v) is 10.8. The first-order valence-electron chi connectivity index (χ1n) is 9.60. The standard InChI is InChI=1S/C23H19ClN2O5S/c1-11-22(32-12(2)25-11)20(28)18-19(13-4-9-17(27)16(24)10-13)26(23(30)21(18)29)14-5-7-15(31-3)8-6-14/h4-10,19,27,29H,1-3H3. The number of benzene rings is 2. The molecule has 0 saturated carbocycles. The molecule has 0 bridgehead atoms. The first kappa shape index (κ1) is 21.9. The number of ketones is 1. The van der Waals surface area contributed by atoms with Crippen molar-refractivity contribution in [2.24, 2.45) is 0 Å². The quantitative estimate of drug-likeness (QED) is 0.514. The van der Waals surface area contributed by atoms with Gasteiger partial charge >= 0.3 is 0 Å². The van der Waals surface area contributed by atoms with Crippen LogP contribution in [0.4, 0.5) is 5.69 Å². The zero-order chi connectivity index (χ0) is 23.2. The highest BCUT2D eigenvalue weighted by Crippen LogP contribution is 2.44. The lowest BCUT2D eigenvalue weighted by atomic mass is 9.94. The van der Waals surface area contributed by atoms with Crippen LogP contribution in [0.2, 0.25) is 5.02 Å². The minimum atomic E-state index is -0.955. The average Bonchev–Trinajstić information content (AvgIpc) is 3.25. The van der Waals surface area contributed by atoms with Crippen LogP contribution in [-0.4, -0.2) is 34.0 Å². The summed E-state index contributed by atoms with van der Waals surface area (Å²) in [4.78, 5) is 32.7. The summed E-state index contributed by atoms with van der Waals surface area (Å²) in [6.45, 7) is 3.49. The van der Waals surface area contributed by atoms with E-state index in [1.54, 1.807) is 44.2 Å². The second kappa shape index (κ2) is 8.29. The summed E-state index contributed by atoms with van der Waals surface area (Å²) in [5.41, 5.74) is 1.37. The zero-order valence-electron chi connectivity index (χ0n) is 17.4. The number of aromatic nitrogens is 1. The molecule has 9 heteroatoms. The minimum Gasteiger partial charge on any atom is -0.506 e. The van der Waals surface area contributed by atoms with Gasteiger partial charge in [-0.2, -0.15) is 0 Å². The number of halogens is 1. The van der Waals surface area contributed by atoms with Crippen molar-refractivity contribution in [2.75, 3.05) is 12.0 Å². The van der Waals surface area contributed by atoms with Crippen molar-refractivity contribution in [2.45, 2.75) is 19.9 Å². The highest BCUT2D eigenvalue weighted by molar-refractivity contribution is 7.14. The molecule has 0 spiro atoms. The predicted octanol–water partition coefficient (Wildman–Crippen LogP) is 4.91. The fourth-order valence-electron chi connectivity index (χ4n) is 3.72. The monoisotopic (exact) mass is 470 g/mol. The van der Waals surface area contributed by atoms with Crippen molar-refractivity contribution in [3.05, 3.63) is 80.0 Å². The molecule has 32 heavy (non-hydrogen) atoms. The van der Waals surface area contributed by atoms with Gasteiger partial charge in [0.2, 0.25) is 5.78 Å². The van der Waals surface area contributed by atoms with E-state index in [4.69, 9.17) is 16.3 Å². The average molecular weight is 471 g/mol. The van der Waals surface area contributed by atoms with E-state index in [2.05, 4.69) is 4.98 Å². The van der Waals surface area contributed by atoms with Gasteiger partial charge in [-0.25, -0.2) is 4.98 Å². The molecule has 3 aromatic rings. The van der Waals surface area contributed by atoms with Gasteiger partial charge in [0.15, 0.2) is 5.76 Å². The Hall–Kier alpha value is -3.36. The Morgan fingerprint density at radius 1 is 1.16 bits per heavy atom. The number of hydrogen-bond donors (Lipinski definition) is 2. The Morgan fingerprint density at radius 2 is 1.84 bits per heavy atom. The Bertz CT molecular complexity index is 1270. The lowest BCUT2D eigenvalue weighted by molar-refractivity contribution is -0.117. The lowest BCUT2D eigenvalue weighted by Crippen LogP contribution is -2.31. The van der Waals surface area contributed by atoms with Gasteiger partial charge in [0.1, 0.15) is 11.5 Å². The second-order valence-corrected chi connectivity index (χ2v) is 8.84. The van der Waals surface area contributed by atoms with Crippen LogP contribution in [0.3, 0.4) is 0 Å². The van der Waals surface area contributed by atoms with Gasteiger partial charge in [0.05, 0.1) is 39.3 Å². The number of carbonyl (C=O) groups is 2. The molecule has 7 nitrogen and oxygen atoms in total. The van der Waals surface area contributed by atoms with E-state index in [9.17, 15) is 19.8 Å². The number of aromatic hydroxyl groups is 1. The van der Waals surface area contributed by atoms with E-state index in [1.807, 2.05) is 0 Å². The third-order valence-corrected chi connectivity index (χ3v) is 6.57. The molecule has 0 saturated heterocycles. The van der Waals surface area contributed by atoms with Gasteiger partial charge in [0, 0.05) is 5.69 Å². The van der Waals surface area contributed by atoms with Crippen LogP contribution in [0.15, 0.2) is 53.8 Å². The Kier molecular flexibility index (Phi) is 5.66. The second-order valence-electron chi connectivity index (χ2n) is 7.23. The fourth-order valence-corrected chi connectivity index (χ4v) is 4.78. The van der Waals surface area contributed by atoms with Crippen molar-refractivity contribution in [1.82, 2.24) is 4.98 Å². The van der Waals surface area contributed by atoms with Gasteiger partial charge in [-0.1, -0.05) is 17.7 Å². The molecule has 1 aliphatic heterocycles. The lowest BCUT2D eigenvalue weighted by Gasteiger charge is -2.27. The first-order chi connectivity index (χ1) is 15.2. The van der Waals surface area contributed by atoms with Crippen molar-refractivity contribution < 1.29 is 24.5 Å². The Labute approximate surface area is 193 Å². The SMILES string of the molecule is COc1ccc(N2C(=O)C(O)=C(C(=O)c3sc(C)nc3C)C2c2ccc(O)c(Cl)c2)cc1. The number of anilines is 1. The topological polar surface area (TPSA) is 100.0 Å². The number of aryl methyl sites for hydroxylation is 2. The van der Waals surface area contributed by atoms with Crippen molar-refractivity contribution in [3.8, 4) is 11.5 Å². The molecule has 1 atom stereocenters. The van der Waals surface area contributed by atoms with Gasteiger partial charge in [-0.05, 0) is 55.8 Å². The van der Waals surface area contributed by atoms with Crippen LogP contribution < -0.4 is 9.64 Å². The number of amides is 1. The number of rotatable bonds is 5. The Balaban J connectivity index is 1.89. The number of phenols is 1. The molecule has 0 radical (unpaired) electrons. The molecule has 2 N–H and O–H groups in total. The van der Waals surface area contributed by atoms with Crippen molar-refractivity contribution >= 4 is 40.3 Å². The summed E-state index contributed by atoms with van der Waals surface area (Å²) < 4.78 is 5.18. The Morgan fingerprint density at radius 3 is 2.41 bits per heavy atom. The number of Topliss-reactive ketones (excluding diaryl/α,β-unsaturated/α-hetero) is 1. The highest BCUT2D eigenvalue weighted by atomic mass is 35.5. The predicted molar refractivity (Wildman–Crippen MR) is 122 cm³/mol. The van der Waals surface area contributed by atoms with Gasteiger partial charge < -0.3 is 14.9 Å². The summed E-state index contributed by atoms with van der Waals surface area (Å²) in [6.07, 6.45) is 0. The maximum Gasteiger partial charge on any atom is 0.294 e. The third kappa shape index (κ3) is 3.61. The van der Waals surface area contributed by atoms with Crippen LogP contribution in [0.1, 0.15) is 32.0 Å². The molecule has 1 unspecified atom stereocenters. The molecule has 4 rings (SSSR count). The van der Waals surface area contributed by atoms with Crippen LogP contribution >= 0.6 is 22.9 Å². The van der Waals surface area contributed by atoms with Gasteiger partial charge in [0.25, 0.3) is 5.91 Å². The highest BCUT2D eigenvalue weighted by Gasteiger charge is 2.45. The van der Waals surface area contributed by atoms with E-state index in [0.29, 0.717) is 32.6 Å². The summed E-state index contributed by atoms with van der Waals surface area (Å²) in [7, 11) is 1.53. The summed E-state index contributed by atoms with van der Waals surface area (Å²) in [5, 5.41) is 21.4. The van der Waals surface area contributed by atoms with Gasteiger partial charge in [-0.3, -0.25) is 14.5 Å². The normalized spacial score (nSPS) is 16.1. The molecule has 1 amide bonds. The molecule has 1 aliphatic rings. The molecule has 164 valence electrons. The van der Waals surface area contributed by atoms with Crippen LogP contribution in [-0.2, 0) is 4.79 Å². The molecule has 1 aromatic heterocycles. The summed E-state index contributed by atoms with van der Waals surface area (Å²) >= 11 is 7.33. The largest absolute Gasteiger partial charge is 0.506 e. The van der Waals surface area contributed by atoms with Crippen LogP contribution in [0.25, 0.3) is 0 Å². The number of thiazole rings is 1. The molecule has 2 aromatic carbocycles. The number of carbonyl (C=O) groups excluding carboxylic acids is 2. The fraction of sp³-hybridized carbons (Fsp3) is 0.174. The number of methoxy groups -OCH3 is 1. The summed E-state index contributed by atoms with van der Waals surface area (Å²) in [5.74, 6) is -1.37. The van der Waals surface area contributed by atoms with E-state index in [1.165, 1.54) is 35.5 Å². The van der Waals surface area contributed by atoms with E-state index < -0.39 is 23.5 Å². The van der Waals surface area contributed by atoms with Crippen LogP contribution in [0.5, 0.6) is 11.5 Å². The van der Waals surface area contributed by atoms with E-state index in [0.717, 1.165) is 0 Å². The third-order valence-electron chi connectivity index (χ3n) is 5.20. The minimum absolute atomic E-state index is 0.0626. The van der Waals surface area contributed by atoms with Gasteiger partial charge in [-0.15, -0.1) is 11.3 Å². The number of phenolic OH excluding ortho intramolecular Hbond substituents is 1. The molecular formula is C23H19ClN2O5S. The number of ether oxygens (including phenoxy) is 1. The van der Waals surface area contributed by atoms with E-state index >= 15 is 0 Å². The van der Waals surface area contributed by atoms with Crippen LogP contribution in [0, 0.1) is 13.8 Å². The maximum absolute atomic E-state index is 13.5. The number of aliphatic hydroxyl groups is 1. The molecular weight excluding hydrogens is 452 g/mol. The molecule has 0 aliphatic carbocycles. The van der Waals surface area contributed by atoms with Crippen molar-refractivity contribution in [3.63, 3.8) is 0 Å². The number of nitrogens with zero attached hydrogens (tertiary/aromatic N) is 2. The molecule has 0 fully saturated rings. The molecule has 2 heterocycles. The summed E-state index contributed by atoms with van der Waals surface area (Å²) in [6, 6.07) is 10.1. The van der Waals surface area contributed by atoms with Crippen molar-refractivity contribution in [1.29, 1.82) is 0 Å². The van der Waals surface area contributed by atoms with E-state index in [-0.39, 0.29) is 16.3 Å².